The number of nitrogens with two attached hydrogens (primary N) is 1. The van der Waals surface area contributed by atoms with Gasteiger partial charge < -0.3 is 11.1 Å². The summed E-state index contributed by atoms with van der Waals surface area (Å²) < 4.78 is 0. The fourth-order valence-corrected chi connectivity index (χ4v) is 2.37. The van der Waals surface area contributed by atoms with Crippen molar-refractivity contribution in [1.29, 1.82) is 0 Å². The first-order chi connectivity index (χ1) is 8.31. The molecule has 0 aliphatic heterocycles. The number of hydrogen-bond donors (Lipinski definition) is 2. The minimum absolute atomic E-state index is 0.315. The minimum atomic E-state index is 0.315. The Morgan fingerprint density at radius 1 is 1.35 bits per heavy atom. The smallest absolute Gasteiger partial charge is 0.0447 e. The van der Waals surface area contributed by atoms with Crippen molar-refractivity contribution in [3.8, 4) is 0 Å². The third-order valence-electron chi connectivity index (χ3n) is 3.68. The lowest BCUT2D eigenvalue weighted by Crippen LogP contribution is -2.29. The molecule has 0 heterocycles. The van der Waals surface area contributed by atoms with Crippen molar-refractivity contribution < 1.29 is 0 Å². The Morgan fingerprint density at radius 2 is 2.12 bits per heavy atom. The van der Waals surface area contributed by atoms with E-state index in [-0.39, 0.29) is 0 Å². The van der Waals surface area contributed by atoms with Crippen LogP contribution < -0.4 is 11.1 Å². The lowest BCUT2D eigenvalue weighted by atomic mass is 10.0. The Bertz CT molecular complexity index is 345. The summed E-state index contributed by atoms with van der Waals surface area (Å²) in [5, 5.41) is 3.58. The molecule has 1 aromatic carbocycles. The van der Waals surface area contributed by atoms with Gasteiger partial charge in [-0.2, -0.15) is 0 Å². The van der Waals surface area contributed by atoms with E-state index in [9.17, 15) is 0 Å². The maximum absolute atomic E-state index is 5.87. The topological polar surface area (TPSA) is 38.0 Å². The van der Waals surface area contributed by atoms with Crippen molar-refractivity contribution in [2.45, 2.75) is 38.6 Å². The predicted molar refractivity (Wildman–Crippen MR) is 72.9 cm³/mol. The number of rotatable bonds is 7. The third-order valence-corrected chi connectivity index (χ3v) is 3.68. The maximum atomic E-state index is 5.87. The van der Waals surface area contributed by atoms with Crippen molar-refractivity contribution in [3.05, 3.63) is 35.4 Å². The van der Waals surface area contributed by atoms with Crippen LogP contribution in [0.15, 0.2) is 24.3 Å². The number of nitrogens with one attached hydrogen (secondary N) is 1. The fourth-order valence-electron chi connectivity index (χ4n) is 2.37. The molecule has 2 heteroatoms. The molecule has 2 rings (SSSR count). The standard InChI is InChI=1S/C15H24N2/c1-12-5-2-3-7-14(12)15(11-16)17-10-4-6-13-8-9-13/h2-3,5,7,13,15,17H,4,6,8-11,16H2,1H3. The molecule has 0 bridgehead atoms. The molecule has 1 unspecified atom stereocenters. The molecule has 0 aromatic heterocycles. The maximum Gasteiger partial charge on any atom is 0.0447 e. The van der Waals surface area contributed by atoms with Gasteiger partial charge in [0.15, 0.2) is 0 Å². The second-order valence-corrected chi connectivity index (χ2v) is 5.18. The van der Waals surface area contributed by atoms with Gasteiger partial charge in [-0.15, -0.1) is 0 Å². The molecule has 1 atom stereocenters. The van der Waals surface area contributed by atoms with Crippen LogP contribution in [0.1, 0.15) is 42.9 Å². The highest BCUT2D eigenvalue weighted by Crippen LogP contribution is 2.33. The normalized spacial score (nSPS) is 17.1. The van der Waals surface area contributed by atoms with Crippen LogP contribution in [0.2, 0.25) is 0 Å². The van der Waals surface area contributed by atoms with E-state index in [0.29, 0.717) is 12.6 Å². The van der Waals surface area contributed by atoms with Gasteiger partial charge in [-0.3, -0.25) is 0 Å². The molecular weight excluding hydrogens is 208 g/mol. The Kier molecular flexibility index (Phi) is 4.57. The largest absolute Gasteiger partial charge is 0.329 e. The van der Waals surface area contributed by atoms with Crippen LogP contribution in [0.3, 0.4) is 0 Å². The Hall–Kier alpha value is -0.860. The highest BCUT2D eigenvalue weighted by atomic mass is 14.9. The van der Waals surface area contributed by atoms with E-state index in [1.807, 2.05) is 0 Å². The Morgan fingerprint density at radius 3 is 2.76 bits per heavy atom. The van der Waals surface area contributed by atoms with Gasteiger partial charge in [-0.1, -0.05) is 37.1 Å². The highest BCUT2D eigenvalue weighted by molar-refractivity contribution is 5.28. The van der Waals surface area contributed by atoms with Crippen molar-refractivity contribution in [2.75, 3.05) is 13.1 Å². The summed E-state index contributed by atoms with van der Waals surface area (Å²) in [7, 11) is 0. The Balaban J connectivity index is 1.80. The minimum Gasteiger partial charge on any atom is -0.329 e. The zero-order valence-electron chi connectivity index (χ0n) is 10.8. The monoisotopic (exact) mass is 232 g/mol. The second-order valence-electron chi connectivity index (χ2n) is 5.18. The van der Waals surface area contributed by atoms with Gasteiger partial charge in [-0.25, -0.2) is 0 Å². The zero-order chi connectivity index (χ0) is 12.1. The lowest BCUT2D eigenvalue weighted by molar-refractivity contribution is 0.510. The molecule has 0 radical (unpaired) electrons. The molecule has 0 amide bonds. The molecule has 17 heavy (non-hydrogen) atoms. The first-order valence-corrected chi connectivity index (χ1v) is 6.80. The van der Waals surface area contributed by atoms with E-state index in [1.165, 1.54) is 36.8 Å². The molecule has 1 saturated carbocycles. The summed E-state index contributed by atoms with van der Waals surface area (Å²) in [6, 6.07) is 8.83. The van der Waals surface area contributed by atoms with Crippen LogP contribution in [0, 0.1) is 12.8 Å². The molecule has 0 spiro atoms. The Labute approximate surface area is 105 Å². The van der Waals surface area contributed by atoms with Crippen molar-refractivity contribution in [2.24, 2.45) is 11.7 Å². The molecular formula is C15H24N2. The number of hydrogen-bond acceptors (Lipinski definition) is 2. The van der Waals surface area contributed by atoms with Crippen molar-refractivity contribution >= 4 is 0 Å². The highest BCUT2D eigenvalue weighted by Gasteiger charge is 2.20. The third kappa shape index (κ3) is 3.83. The van der Waals surface area contributed by atoms with Crippen molar-refractivity contribution in [1.82, 2.24) is 5.32 Å². The number of aryl methyl sites for hydroxylation is 1. The quantitative estimate of drug-likeness (QED) is 0.709. The van der Waals surface area contributed by atoms with Crippen LogP contribution in [-0.4, -0.2) is 13.1 Å². The van der Waals surface area contributed by atoms with Crippen LogP contribution in [0.5, 0.6) is 0 Å². The summed E-state index contributed by atoms with van der Waals surface area (Å²) in [5.74, 6) is 1.03. The molecule has 1 aliphatic rings. The molecule has 2 nitrogen and oxygen atoms in total. The first-order valence-electron chi connectivity index (χ1n) is 6.80. The lowest BCUT2D eigenvalue weighted by Gasteiger charge is -2.19. The van der Waals surface area contributed by atoms with E-state index in [2.05, 4.69) is 36.5 Å². The van der Waals surface area contributed by atoms with Gasteiger partial charge in [0.05, 0.1) is 0 Å². The first kappa shape index (κ1) is 12.6. The number of benzene rings is 1. The van der Waals surface area contributed by atoms with E-state index >= 15 is 0 Å². The van der Waals surface area contributed by atoms with Gasteiger partial charge in [0.2, 0.25) is 0 Å². The van der Waals surface area contributed by atoms with Gasteiger partial charge in [0, 0.05) is 12.6 Å². The van der Waals surface area contributed by atoms with E-state index in [4.69, 9.17) is 5.73 Å². The molecule has 3 N–H and O–H groups in total. The summed E-state index contributed by atoms with van der Waals surface area (Å²) in [5.41, 5.74) is 8.55. The van der Waals surface area contributed by atoms with Gasteiger partial charge in [0.25, 0.3) is 0 Å². The van der Waals surface area contributed by atoms with Gasteiger partial charge in [0.1, 0.15) is 0 Å². The summed E-state index contributed by atoms with van der Waals surface area (Å²) in [6.45, 7) is 3.92. The second kappa shape index (κ2) is 6.18. The summed E-state index contributed by atoms with van der Waals surface area (Å²) >= 11 is 0. The molecule has 94 valence electrons. The van der Waals surface area contributed by atoms with Gasteiger partial charge in [-0.05, 0) is 43.4 Å². The van der Waals surface area contributed by atoms with Crippen LogP contribution >= 0.6 is 0 Å². The van der Waals surface area contributed by atoms with Crippen molar-refractivity contribution in [3.63, 3.8) is 0 Å². The SMILES string of the molecule is Cc1ccccc1C(CN)NCCCC1CC1. The molecule has 1 aliphatic carbocycles. The van der Waals surface area contributed by atoms with Crippen LogP contribution in [-0.2, 0) is 0 Å². The van der Waals surface area contributed by atoms with Gasteiger partial charge >= 0.3 is 0 Å². The molecule has 1 aromatic rings. The molecule has 0 saturated heterocycles. The zero-order valence-corrected chi connectivity index (χ0v) is 10.8. The molecule has 1 fully saturated rings. The van der Waals surface area contributed by atoms with E-state index < -0.39 is 0 Å². The summed E-state index contributed by atoms with van der Waals surface area (Å²) in [6.07, 6.45) is 5.58. The van der Waals surface area contributed by atoms with E-state index in [0.717, 1.165) is 12.5 Å². The predicted octanol–water partition coefficient (Wildman–Crippen LogP) is 2.77. The average molecular weight is 232 g/mol. The fraction of sp³-hybridized carbons (Fsp3) is 0.600. The van der Waals surface area contributed by atoms with E-state index in [1.54, 1.807) is 0 Å². The van der Waals surface area contributed by atoms with Crippen LogP contribution in [0.25, 0.3) is 0 Å². The average Bonchev–Trinajstić information content (AvgIpc) is 3.15. The summed E-state index contributed by atoms with van der Waals surface area (Å²) in [4.78, 5) is 0. The van der Waals surface area contributed by atoms with Crippen LogP contribution in [0.4, 0.5) is 0 Å².